The maximum atomic E-state index is 14.5. The van der Waals surface area contributed by atoms with Crippen molar-refractivity contribution in [2.24, 2.45) is 0 Å². The minimum absolute atomic E-state index is 0.0145. The molecule has 0 atom stereocenters. The Morgan fingerprint density at radius 1 is 1.15 bits per heavy atom. The fraction of sp³-hybridized carbons (Fsp3) is 0.227. The van der Waals surface area contributed by atoms with Crippen LogP contribution in [0, 0.1) is 12.7 Å². The average Bonchev–Trinajstić information content (AvgIpc) is 3.17. The smallest absolute Gasteiger partial charge is 0.243 e. The summed E-state index contributed by atoms with van der Waals surface area (Å²) in [6.45, 7) is 2.73. The number of carbonyl (C=O) groups excluding carboxylic acids is 2. The minimum atomic E-state index is -3.91. The standard InChI is InChI=1S/C22H24FN5O4S/c1-15-24-10-11-28(15)21-9-4-17(12-20(21)23)13-25-22(30)14-27(3)33(31,32)19-7-5-18(6-8-19)26-16(2)29/h4-12H,13-14H2,1-3H3,(H,25,30)(H,26,29). The Labute approximate surface area is 191 Å². The summed E-state index contributed by atoms with van der Waals surface area (Å²) in [4.78, 5) is 27.4. The third-order valence-corrected chi connectivity index (χ3v) is 6.65. The number of aromatic nitrogens is 2. The zero-order valence-corrected chi connectivity index (χ0v) is 19.2. The summed E-state index contributed by atoms with van der Waals surface area (Å²) in [5, 5.41) is 5.15. The highest BCUT2D eigenvalue weighted by atomic mass is 32.2. The SMILES string of the molecule is CC(=O)Nc1ccc(S(=O)(=O)N(C)CC(=O)NCc2ccc(-n3ccnc3C)c(F)c2)cc1. The Morgan fingerprint density at radius 3 is 2.42 bits per heavy atom. The average molecular weight is 474 g/mol. The van der Waals surface area contributed by atoms with Gasteiger partial charge in [0, 0.05) is 38.6 Å². The van der Waals surface area contributed by atoms with Crippen molar-refractivity contribution in [3.8, 4) is 5.69 Å². The molecule has 3 rings (SSSR count). The molecular weight excluding hydrogens is 449 g/mol. The predicted octanol–water partition coefficient (Wildman–Crippen LogP) is 2.22. The first-order valence-electron chi connectivity index (χ1n) is 9.97. The number of hydrogen-bond acceptors (Lipinski definition) is 5. The Morgan fingerprint density at radius 2 is 1.85 bits per heavy atom. The van der Waals surface area contributed by atoms with E-state index in [0.29, 0.717) is 22.8 Å². The quantitative estimate of drug-likeness (QED) is 0.521. The van der Waals surface area contributed by atoms with Gasteiger partial charge in [0.2, 0.25) is 21.8 Å². The second-order valence-electron chi connectivity index (χ2n) is 7.37. The van der Waals surface area contributed by atoms with Crippen LogP contribution in [0.25, 0.3) is 5.69 Å². The van der Waals surface area contributed by atoms with Gasteiger partial charge in [0.05, 0.1) is 17.1 Å². The highest BCUT2D eigenvalue weighted by molar-refractivity contribution is 7.89. The van der Waals surface area contributed by atoms with Crippen LogP contribution in [0.1, 0.15) is 18.3 Å². The van der Waals surface area contributed by atoms with E-state index in [9.17, 15) is 22.4 Å². The topological polar surface area (TPSA) is 113 Å². The van der Waals surface area contributed by atoms with Gasteiger partial charge in [0.1, 0.15) is 11.6 Å². The molecule has 2 N–H and O–H groups in total. The first-order valence-corrected chi connectivity index (χ1v) is 11.4. The Bertz CT molecular complexity index is 1270. The second kappa shape index (κ2) is 9.92. The molecule has 0 radical (unpaired) electrons. The molecule has 174 valence electrons. The summed E-state index contributed by atoms with van der Waals surface area (Å²) in [6, 6.07) is 10.2. The molecule has 11 heteroatoms. The lowest BCUT2D eigenvalue weighted by Crippen LogP contribution is -2.38. The third kappa shape index (κ3) is 5.82. The van der Waals surface area contributed by atoms with Crippen LogP contribution in [0.3, 0.4) is 0 Å². The van der Waals surface area contributed by atoms with Crippen molar-refractivity contribution in [2.75, 3.05) is 18.9 Å². The summed E-state index contributed by atoms with van der Waals surface area (Å²) >= 11 is 0. The number of carbonyl (C=O) groups is 2. The van der Waals surface area contributed by atoms with Crippen LogP contribution in [0.5, 0.6) is 0 Å². The molecular formula is C22H24FN5O4S. The Hall–Kier alpha value is -3.57. The number of anilines is 1. The number of benzene rings is 2. The first-order chi connectivity index (χ1) is 15.6. The van der Waals surface area contributed by atoms with Crippen molar-refractivity contribution in [1.82, 2.24) is 19.2 Å². The van der Waals surface area contributed by atoms with Crippen molar-refractivity contribution < 1.29 is 22.4 Å². The largest absolute Gasteiger partial charge is 0.351 e. The van der Waals surface area contributed by atoms with Crippen LogP contribution in [-0.2, 0) is 26.2 Å². The van der Waals surface area contributed by atoms with E-state index >= 15 is 0 Å². The highest BCUT2D eigenvalue weighted by Crippen LogP contribution is 2.18. The summed E-state index contributed by atoms with van der Waals surface area (Å²) in [5.41, 5.74) is 1.33. The molecule has 0 fully saturated rings. The van der Waals surface area contributed by atoms with Gasteiger partial charge in [-0.05, 0) is 48.9 Å². The summed E-state index contributed by atoms with van der Waals surface area (Å²) in [5.74, 6) is -0.633. The van der Waals surface area contributed by atoms with Crippen LogP contribution in [0.2, 0.25) is 0 Å². The fourth-order valence-electron chi connectivity index (χ4n) is 3.13. The molecule has 33 heavy (non-hydrogen) atoms. The van der Waals surface area contributed by atoms with Gasteiger partial charge >= 0.3 is 0 Å². The molecule has 1 heterocycles. The van der Waals surface area contributed by atoms with Crippen LogP contribution < -0.4 is 10.6 Å². The summed E-state index contributed by atoms with van der Waals surface area (Å²) in [6.07, 6.45) is 3.23. The molecule has 0 unspecified atom stereocenters. The van der Waals surface area contributed by atoms with E-state index in [-0.39, 0.29) is 17.3 Å². The van der Waals surface area contributed by atoms with Gasteiger partial charge in [-0.3, -0.25) is 9.59 Å². The fourth-order valence-corrected chi connectivity index (χ4v) is 4.25. The van der Waals surface area contributed by atoms with E-state index in [1.165, 1.54) is 44.3 Å². The van der Waals surface area contributed by atoms with Gasteiger partial charge in [-0.2, -0.15) is 4.31 Å². The molecule has 1 aromatic heterocycles. The number of sulfonamides is 1. The van der Waals surface area contributed by atoms with Crippen LogP contribution in [0.4, 0.5) is 10.1 Å². The van der Waals surface area contributed by atoms with Crippen LogP contribution in [0.15, 0.2) is 59.8 Å². The van der Waals surface area contributed by atoms with Crippen molar-refractivity contribution >= 4 is 27.5 Å². The number of nitrogens with zero attached hydrogens (tertiary/aromatic N) is 3. The number of halogens is 1. The van der Waals surface area contributed by atoms with E-state index in [0.717, 1.165) is 4.31 Å². The molecule has 0 aliphatic rings. The molecule has 0 saturated heterocycles. The number of amides is 2. The Balaban J connectivity index is 1.59. The van der Waals surface area contributed by atoms with Crippen molar-refractivity contribution in [3.63, 3.8) is 0 Å². The van der Waals surface area contributed by atoms with E-state index in [4.69, 9.17) is 0 Å². The van der Waals surface area contributed by atoms with Gasteiger partial charge in [0.15, 0.2) is 0 Å². The first kappa shape index (κ1) is 24.1. The number of imidazole rings is 1. The molecule has 0 aliphatic heterocycles. The van der Waals surface area contributed by atoms with E-state index in [1.54, 1.807) is 36.0 Å². The molecule has 3 aromatic rings. The van der Waals surface area contributed by atoms with Gasteiger partial charge < -0.3 is 15.2 Å². The minimum Gasteiger partial charge on any atom is -0.351 e. The zero-order chi connectivity index (χ0) is 24.2. The third-order valence-electron chi connectivity index (χ3n) is 4.84. The highest BCUT2D eigenvalue weighted by Gasteiger charge is 2.23. The van der Waals surface area contributed by atoms with Crippen LogP contribution >= 0.6 is 0 Å². The number of hydrogen-bond donors (Lipinski definition) is 2. The van der Waals surface area contributed by atoms with Crippen molar-refractivity contribution in [2.45, 2.75) is 25.3 Å². The predicted molar refractivity (Wildman–Crippen MR) is 121 cm³/mol. The number of aryl methyl sites for hydroxylation is 1. The molecule has 0 aliphatic carbocycles. The van der Waals surface area contributed by atoms with Gasteiger partial charge in [-0.25, -0.2) is 17.8 Å². The normalized spacial score (nSPS) is 11.4. The maximum absolute atomic E-state index is 14.5. The molecule has 0 saturated carbocycles. The molecule has 0 bridgehead atoms. The van der Waals surface area contributed by atoms with Gasteiger partial charge in [0.25, 0.3) is 0 Å². The molecule has 2 amide bonds. The van der Waals surface area contributed by atoms with E-state index in [1.807, 2.05) is 0 Å². The molecule has 2 aromatic carbocycles. The van der Waals surface area contributed by atoms with Gasteiger partial charge in [-0.1, -0.05) is 6.07 Å². The van der Waals surface area contributed by atoms with E-state index in [2.05, 4.69) is 15.6 Å². The number of nitrogens with one attached hydrogen (secondary N) is 2. The molecule has 9 nitrogen and oxygen atoms in total. The number of rotatable bonds is 8. The lowest BCUT2D eigenvalue weighted by Gasteiger charge is -2.17. The summed E-state index contributed by atoms with van der Waals surface area (Å²) < 4.78 is 42.4. The molecule has 0 spiro atoms. The van der Waals surface area contributed by atoms with Crippen molar-refractivity contribution in [1.29, 1.82) is 0 Å². The van der Waals surface area contributed by atoms with Gasteiger partial charge in [-0.15, -0.1) is 0 Å². The Kier molecular flexibility index (Phi) is 7.24. The lowest BCUT2D eigenvalue weighted by atomic mass is 10.2. The summed E-state index contributed by atoms with van der Waals surface area (Å²) in [7, 11) is -2.62. The lowest BCUT2D eigenvalue weighted by molar-refractivity contribution is -0.121. The zero-order valence-electron chi connectivity index (χ0n) is 18.4. The van der Waals surface area contributed by atoms with Crippen molar-refractivity contribution in [3.05, 3.63) is 72.1 Å². The second-order valence-corrected chi connectivity index (χ2v) is 9.42. The van der Waals surface area contributed by atoms with Crippen LogP contribution in [-0.4, -0.2) is 47.7 Å². The monoisotopic (exact) mass is 473 g/mol. The van der Waals surface area contributed by atoms with E-state index < -0.39 is 28.3 Å². The number of likely N-dealkylation sites (N-methyl/N-ethyl adjacent to an activating group) is 1. The maximum Gasteiger partial charge on any atom is 0.243 e.